The van der Waals surface area contributed by atoms with Crippen molar-refractivity contribution in [2.24, 2.45) is 0 Å². The third-order valence-corrected chi connectivity index (χ3v) is 2.34. The average Bonchev–Trinajstić information content (AvgIpc) is 2.48. The number of ether oxygens (including phenoxy) is 1. The van der Waals surface area contributed by atoms with Gasteiger partial charge in [-0.05, 0) is 26.0 Å². The SMILES string of the molecule is CC1=C(C)OC(c2ccc(F)cc2)N1. The average molecular weight is 193 g/mol. The van der Waals surface area contributed by atoms with E-state index in [1.165, 1.54) is 12.1 Å². The second-order valence-corrected chi connectivity index (χ2v) is 3.37. The van der Waals surface area contributed by atoms with E-state index in [9.17, 15) is 4.39 Å². The minimum Gasteiger partial charge on any atom is -0.469 e. The number of hydrogen-bond donors (Lipinski definition) is 1. The number of hydrogen-bond acceptors (Lipinski definition) is 2. The number of rotatable bonds is 1. The largest absolute Gasteiger partial charge is 0.469 e. The zero-order valence-electron chi connectivity index (χ0n) is 8.17. The van der Waals surface area contributed by atoms with Crippen molar-refractivity contribution >= 4 is 0 Å². The minimum atomic E-state index is -0.229. The standard InChI is InChI=1S/C11H12FNO/c1-7-8(2)14-11(13-7)9-3-5-10(12)6-4-9/h3-6,11,13H,1-2H3. The van der Waals surface area contributed by atoms with Crippen LogP contribution < -0.4 is 5.32 Å². The highest BCUT2D eigenvalue weighted by atomic mass is 19.1. The van der Waals surface area contributed by atoms with Crippen LogP contribution in [-0.2, 0) is 4.74 Å². The van der Waals surface area contributed by atoms with Crippen LogP contribution in [0.15, 0.2) is 35.7 Å². The molecule has 0 aliphatic carbocycles. The first-order valence-electron chi connectivity index (χ1n) is 4.53. The number of nitrogens with one attached hydrogen (secondary N) is 1. The van der Waals surface area contributed by atoms with Gasteiger partial charge < -0.3 is 10.1 Å². The van der Waals surface area contributed by atoms with Crippen LogP contribution in [0.2, 0.25) is 0 Å². The smallest absolute Gasteiger partial charge is 0.195 e. The van der Waals surface area contributed by atoms with Crippen LogP contribution in [0.4, 0.5) is 4.39 Å². The first-order chi connectivity index (χ1) is 6.66. The molecule has 1 N–H and O–H groups in total. The molecule has 0 saturated carbocycles. The van der Waals surface area contributed by atoms with Gasteiger partial charge >= 0.3 is 0 Å². The zero-order chi connectivity index (χ0) is 10.1. The van der Waals surface area contributed by atoms with Gasteiger partial charge in [0.1, 0.15) is 11.6 Å². The van der Waals surface area contributed by atoms with Crippen LogP contribution in [0.5, 0.6) is 0 Å². The van der Waals surface area contributed by atoms with Gasteiger partial charge in [0, 0.05) is 11.3 Å². The van der Waals surface area contributed by atoms with Crippen LogP contribution in [0.3, 0.4) is 0 Å². The Morgan fingerprint density at radius 3 is 2.36 bits per heavy atom. The molecule has 1 aliphatic heterocycles. The highest BCUT2D eigenvalue weighted by Crippen LogP contribution is 2.26. The molecule has 2 rings (SSSR count). The van der Waals surface area contributed by atoms with Gasteiger partial charge in [0.15, 0.2) is 6.23 Å². The van der Waals surface area contributed by atoms with Crippen molar-refractivity contribution in [1.29, 1.82) is 0 Å². The molecule has 74 valence electrons. The topological polar surface area (TPSA) is 21.3 Å². The van der Waals surface area contributed by atoms with Crippen molar-refractivity contribution in [1.82, 2.24) is 5.32 Å². The summed E-state index contributed by atoms with van der Waals surface area (Å²) in [6.45, 7) is 3.87. The van der Waals surface area contributed by atoms with Crippen molar-refractivity contribution in [3.63, 3.8) is 0 Å². The summed E-state index contributed by atoms with van der Waals surface area (Å²) in [6.07, 6.45) is -0.171. The van der Waals surface area contributed by atoms with Gasteiger partial charge in [0.2, 0.25) is 0 Å². The molecular formula is C11H12FNO. The van der Waals surface area contributed by atoms with Crippen LogP contribution in [0, 0.1) is 5.82 Å². The van der Waals surface area contributed by atoms with Gasteiger partial charge in [-0.1, -0.05) is 12.1 Å². The molecule has 1 heterocycles. The van der Waals surface area contributed by atoms with E-state index in [-0.39, 0.29) is 12.0 Å². The second-order valence-electron chi connectivity index (χ2n) is 3.37. The van der Waals surface area contributed by atoms with E-state index in [4.69, 9.17) is 4.74 Å². The molecule has 3 heteroatoms. The first kappa shape index (κ1) is 9.06. The Labute approximate surface area is 82.4 Å². The van der Waals surface area contributed by atoms with Crippen molar-refractivity contribution in [2.45, 2.75) is 20.1 Å². The van der Waals surface area contributed by atoms with E-state index < -0.39 is 0 Å². The predicted octanol–water partition coefficient (Wildman–Crippen LogP) is 2.70. The van der Waals surface area contributed by atoms with E-state index in [0.717, 1.165) is 17.0 Å². The van der Waals surface area contributed by atoms with Gasteiger partial charge in [-0.25, -0.2) is 4.39 Å². The quantitative estimate of drug-likeness (QED) is 0.740. The summed E-state index contributed by atoms with van der Waals surface area (Å²) < 4.78 is 18.2. The summed E-state index contributed by atoms with van der Waals surface area (Å²) in [5.41, 5.74) is 1.96. The molecule has 1 unspecified atom stereocenters. The summed E-state index contributed by atoms with van der Waals surface area (Å²) in [5, 5.41) is 3.17. The molecule has 14 heavy (non-hydrogen) atoms. The van der Waals surface area contributed by atoms with Crippen molar-refractivity contribution in [3.8, 4) is 0 Å². The molecule has 0 spiro atoms. The first-order valence-corrected chi connectivity index (χ1v) is 4.53. The van der Waals surface area contributed by atoms with Crippen LogP contribution in [-0.4, -0.2) is 0 Å². The Kier molecular flexibility index (Phi) is 2.15. The lowest BCUT2D eigenvalue weighted by atomic mass is 10.2. The fourth-order valence-electron chi connectivity index (χ4n) is 1.38. The number of halogens is 1. The Morgan fingerprint density at radius 1 is 1.21 bits per heavy atom. The van der Waals surface area contributed by atoms with Crippen molar-refractivity contribution in [2.75, 3.05) is 0 Å². The van der Waals surface area contributed by atoms with Crippen LogP contribution in [0.1, 0.15) is 25.6 Å². The summed E-state index contributed by atoms with van der Waals surface area (Å²) in [5.74, 6) is 0.660. The molecule has 1 aliphatic rings. The highest BCUT2D eigenvalue weighted by Gasteiger charge is 2.20. The van der Waals surface area contributed by atoms with Gasteiger partial charge in [0.05, 0.1) is 0 Å². The maximum atomic E-state index is 12.7. The van der Waals surface area contributed by atoms with E-state index >= 15 is 0 Å². The second kappa shape index (κ2) is 3.33. The normalized spacial score (nSPS) is 20.6. The molecule has 1 atom stereocenters. The third-order valence-electron chi connectivity index (χ3n) is 2.34. The summed E-state index contributed by atoms with van der Waals surface area (Å²) in [7, 11) is 0. The Hall–Kier alpha value is -1.51. The Morgan fingerprint density at radius 2 is 1.86 bits per heavy atom. The van der Waals surface area contributed by atoms with Crippen molar-refractivity contribution < 1.29 is 9.13 Å². The lowest BCUT2D eigenvalue weighted by Crippen LogP contribution is -2.14. The Bertz CT molecular complexity index is 355. The molecule has 0 saturated heterocycles. The van der Waals surface area contributed by atoms with Gasteiger partial charge in [-0.15, -0.1) is 0 Å². The molecule has 0 fully saturated rings. The number of allylic oxidation sites excluding steroid dienone is 2. The lowest BCUT2D eigenvalue weighted by Gasteiger charge is -2.12. The monoisotopic (exact) mass is 193 g/mol. The molecule has 1 aromatic carbocycles. The van der Waals surface area contributed by atoms with Gasteiger partial charge in [-0.2, -0.15) is 0 Å². The highest BCUT2D eigenvalue weighted by molar-refractivity contribution is 5.22. The Balaban J connectivity index is 2.16. The van der Waals surface area contributed by atoms with Gasteiger partial charge in [-0.3, -0.25) is 0 Å². The maximum Gasteiger partial charge on any atom is 0.195 e. The van der Waals surface area contributed by atoms with Crippen LogP contribution in [0.25, 0.3) is 0 Å². The van der Waals surface area contributed by atoms with Crippen LogP contribution >= 0.6 is 0 Å². The minimum absolute atomic E-state index is 0.171. The molecule has 1 aromatic rings. The molecule has 0 aromatic heterocycles. The summed E-state index contributed by atoms with van der Waals surface area (Å²) >= 11 is 0. The fraction of sp³-hybridized carbons (Fsp3) is 0.273. The maximum absolute atomic E-state index is 12.7. The van der Waals surface area contributed by atoms with E-state index in [2.05, 4.69) is 5.32 Å². The molecule has 2 nitrogen and oxygen atoms in total. The molecule has 0 amide bonds. The van der Waals surface area contributed by atoms with Gasteiger partial charge in [0.25, 0.3) is 0 Å². The van der Waals surface area contributed by atoms with E-state index in [0.29, 0.717) is 0 Å². The lowest BCUT2D eigenvalue weighted by molar-refractivity contribution is 0.130. The van der Waals surface area contributed by atoms with E-state index in [1.807, 2.05) is 13.8 Å². The summed E-state index contributed by atoms with van der Waals surface area (Å²) in [6, 6.07) is 6.31. The third kappa shape index (κ3) is 1.58. The summed E-state index contributed by atoms with van der Waals surface area (Å²) in [4.78, 5) is 0. The fourth-order valence-corrected chi connectivity index (χ4v) is 1.38. The zero-order valence-corrected chi connectivity index (χ0v) is 8.17. The number of benzene rings is 1. The van der Waals surface area contributed by atoms with E-state index in [1.54, 1.807) is 12.1 Å². The molecular weight excluding hydrogens is 181 g/mol. The van der Waals surface area contributed by atoms with Crippen molar-refractivity contribution in [3.05, 3.63) is 47.1 Å². The molecule has 0 bridgehead atoms. The molecule has 0 radical (unpaired) electrons. The predicted molar refractivity (Wildman–Crippen MR) is 51.7 cm³/mol.